The zero-order chi connectivity index (χ0) is 21.4. The number of urea groups is 1. The molecule has 0 aliphatic carbocycles. The van der Waals surface area contributed by atoms with Gasteiger partial charge in [-0.25, -0.2) is 4.79 Å². The van der Waals surface area contributed by atoms with Gasteiger partial charge in [0.1, 0.15) is 0 Å². The van der Waals surface area contributed by atoms with Crippen molar-refractivity contribution < 1.29 is 4.79 Å². The van der Waals surface area contributed by atoms with Crippen molar-refractivity contribution in [2.45, 2.75) is 19.5 Å². The first-order valence-electron chi connectivity index (χ1n) is 10.3. The van der Waals surface area contributed by atoms with Crippen molar-refractivity contribution in [1.29, 1.82) is 0 Å². The fraction of sp³-hybridized carbons (Fsp3) is 0.115. The van der Waals surface area contributed by atoms with Gasteiger partial charge in [-0.3, -0.25) is 0 Å². The zero-order valence-corrected chi connectivity index (χ0v) is 17.9. The predicted molar refractivity (Wildman–Crippen MR) is 125 cm³/mol. The second-order valence-corrected chi connectivity index (χ2v) is 8.25. The van der Waals surface area contributed by atoms with E-state index in [1.807, 2.05) is 41.3 Å². The number of amides is 2. The highest BCUT2D eigenvalue weighted by Gasteiger charge is 2.33. The molecule has 0 spiro atoms. The monoisotopic (exact) mass is 427 g/mol. The van der Waals surface area contributed by atoms with E-state index in [0.29, 0.717) is 17.3 Å². The molecule has 0 saturated heterocycles. The van der Waals surface area contributed by atoms with Gasteiger partial charge >= 0.3 is 6.03 Å². The Morgan fingerprint density at radius 1 is 0.968 bits per heavy atom. The Kier molecular flexibility index (Phi) is 5.00. The normalized spacial score (nSPS) is 15.0. The molecule has 0 radical (unpaired) electrons. The summed E-state index contributed by atoms with van der Waals surface area (Å²) in [5, 5.41) is 3.63. The standard InChI is InChI=1S/C26H22ClN3O/c1-18-7-4-9-19(15-18)25-24-13-6-14-29(24)23-12-3-2-8-20(23)17-30(25)26(31)28-22-11-5-10-21(27)16-22/h2-16,25H,17H2,1H3,(H,28,31)/t25-/m0/s1. The average Bonchev–Trinajstić information content (AvgIpc) is 3.18. The lowest BCUT2D eigenvalue weighted by Crippen LogP contribution is -2.37. The van der Waals surface area contributed by atoms with Crippen LogP contribution >= 0.6 is 11.6 Å². The number of carbonyl (C=O) groups excluding carboxylic acids is 1. The first kappa shape index (κ1) is 19.5. The lowest BCUT2D eigenvalue weighted by molar-refractivity contribution is 0.194. The van der Waals surface area contributed by atoms with Gasteiger partial charge in [0.25, 0.3) is 0 Å². The summed E-state index contributed by atoms with van der Waals surface area (Å²) in [6, 6.07) is 27.5. The van der Waals surface area contributed by atoms with Crippen molar-refractivity contribution >= 4 is 23.3 Å². The Bertz CT molecular complexity index is 1260. The van der Waals surface area contributed by atoms with Gasteiger partial charge in [0, 0.05) is 22.6 Å². The Balaban J connectivity index is 1.64. The highest BCUT2D eigenvalue weighted by atomic mass is 35.5. The van der Waals surface area contributed by atoms with Crippen LogP contribution in [-0.2, 0) is 6.54 Å². The van der Waals surface area contributed by atoms with E-state index < -0.39 is 0 Å². The van der Waals surface area contributed by atoms with E-state index in [0.717, 1.165) is 28.1 Å². The molecule has 31 heavy (non-hydrogen) atoms. The van der Waals surface area contributed by atoms with Crippen LogP contribution in [0.1, 0.15) is 28.4 Å². The number of aryl methyl sites for hydroxylation is 1. The number of fused-ring (bicyclic) bond motifs is 3. The molecule has 1 aromatic heterocycles. The van der Waals surface area contributed by atoms with E-state index in [1.165, 1.54) is 0 Å². The molecule has 3 aromatic carbocycles. The van der Waals surface area contributed by atoms with Crippen molar-refractivity contribution in [3.63, 3.8) is 0 Å². The molecule has 5 heteroatoms. The van der Waals surface area contributed by atoms with E-state index in [1.54, 1.807) is 12.1 Å². The molecule has 2 heterocycles. The van der Waals surface area contributed by atoms with Crippen LogP contribution in [0.3, 0.4) is 0 Å². The number of halogens is 1. The molecular weight excluding hydrogens is 406 g/mol. The summed E-state index contributed by atoms with van der Waals surface area (Å²) in [7, 11) is 0. The van der Waals surface area contributed by atoms with E-state index in [4.69, 9.17) is 11.6 Å². The number of hydrogen-bond donors (Lipinski definition) is 1. The maximum Gasteiger partial charge on any atom is 0.322 e. The van der Waals surface area contributed by atoms with Gasteiger partial charge in [-0.15, -0.1) is 0 Å². The van der Waals surface area contributed by atoms with E-state index in [9.17, 15) is 4.79 Å². The van der Waals surface area contributed by atoms with Crippen LogP contribution in [0.2, 0.25) is 5.02 Å². The number of rotatable bonds is 2. The molecule has 4 nitrogen and oxygen atoms in total. The number of aromatic nitrogens is 1. The quantitative estimate of drug-likeness (QED) is 0.385. The predicted octanol–water partition coefficient (Wildman–Crippen LogP) is 6.58. The smallest absolute Gasteiger partial charge is 0.318 e. The molecule has 1 aliphatic heterocycles. The van der Waals surface area contributed by atoms with Crippen molar-refractivity contribution in [3.05, 3.63) is 119 Å². The lowest BCUT2D eigenvalue weighted by Gasteiger charge is -2.31. The Labute approximate surface area is 186 Å². The molecule has 0 saturated carbocycles. The van der Waals surface area contributed by atoms with Gasteiger partial charge in [0.05, 0.1) is 18.3 Å². The van der Waals surface area contributed by atoms with Crippen LogP contribution in [0.25, 0.3) is 5.69 Å². The molecule has 4 aromatic rings. The van der Waals surface area contributed by atoms with Crippen LogP contribution in [-0.4, -0.2) is 15.5 Å². The van der Waals surface area contributed by atoms with Crippen molar-refractivity contribution in [3.8, 4) is 5.69 Å². The summed E-state index contributed by atoms with van der Waals surface area (Å²) in [4.78, 5) is 15.5. The van der Waals surface area contributed by atoms with Crippen LogP contribution < -0.4 is 5.32 Å². The number of nitrogens with one attached hydrogen (secondary N) is 1. The first-order chi connectivity index (χ1) is 15.1. The first-order valence-corrected chi connectivity index (χ1v) is 10.6. The van der Waals surface area contributed by atoms with Crippen LogP contribution in [0.4, 0.5) is 10.5 Å². The second kappa shape index (κ2) is 7.97. The topological polar surface area (TPSA) is 37.3 Å². The Hall–Kier alpha value is -3.50. The molecule has 1 atom stereocenters. The molecule has 0 unspecified atom stereocenters. The largest absolute Gasteiger partial charge is 0.322 e. The van der Waals surface area contributed by atoms with Gasteiger partial charge in [-0.1, -0.05) is 65.7 Å². The third kappa shape index (κ3) is 3.71. The molecule has 5 rings (SSSR count). The number of carbonyl (C=O) groups is 1. The van der Waals surface area contributed by atoms with Crippen molar-refractivity contribution in [2.75, 3.05) is 5.32 Å². The molecule has 1 N–H and O–H groups in total. The van der Waals surface area contributed by atoms with Crippen LogP contribution in [0.5, 0.6) is 0 Å². The second-order valence-electron chi connectivity index (χ2n) is 7.82. The van der Waals surface area contributed by atoms with E-state index in [-0.39, 0.29) is 12.1 Å². The third-order valence-corrected chi connectivity index (χ3v) is 5.89. The SMILES string of the molecule is Cc1cccc([C@H]2c3cccn3-c3ccccc3CN2C(=O)Nc2cccc(Cl)c2)c1. The Morgan fingerprint density at radius 2 is 1.81 bits per heavy atom. The zero-order valence-electron chi connectivity index (χ0n) is 17.1. The summed E-state index contributed by atoms with van der Waals surface area (Å²) < 4.78 is 2.19. The van der Waals surface area contributed by atoms with Crippen molar-refractivity contribution in [1.82, 2.24) is 9.47 Å². The average molecular weight is 428 g/mol. The van der Waals surface area contributed by atoms with Gasteiger partial charge in [0.15, 0.2) is 0 Å². The van der Waals surface area contributed by atoms with Gasteiger partial charge in [0.2, 0.25) is 0 Å². The number of nitrogens with zero attached hydrogens (tertiary/aromatic N) is 2. The fourth-order valence-corrected chi connectivity index (χ4v) is 4.48. The number of benzene rings is 3. The number of hydrogen-bond acceptors (Lipinski definition) is 1. The summed E-state index contributed by atoms with van der Waals surface area (Å²) in [6.07, 6.45) is 2.06. The number of para-hydroxylation sites is 1. The molecular formula is C26H22ClN3O. The summed E-state index contributed by atoms with van der Waals surface area (Å²) in [5.74, 6) is 0. The maximum absolute atomic E-state index is 13.6. The summed E-state index contributed by atoms with van der Waals surface area (Å²) in [6.45, 7) is 2.56. The highest BCUT2D eigenvalue weighted by Crippen LogP contribution is 2.37. The van der Waals surface area contributed by atoms with Gasteiger partial charge < -0.3 is 14.8 Å². The minimum atomic E-state index is -0.235. The van der Waals surface area contributed by atoms with E-state index >= 15 is 0 Å². The minimum absolute atomic E-state index is 0.168. The highest BCUT2D eigenvalue weighted by molar-refractivity contribution is 6.30. The fourth-order valence-electron chi connectivity index (χ4n) is 4.29. The van der Waals surface area contributed by atoms with E-state index in [2.05, 4.69) is 59.4 Å². The van der Waals surface area contributed by atoms with Crippen molar-refractivity contribution in [2.24, 2.45) is 0 Å². The van der Waals surface area contributed by atoms with Gasteiger partial charge in [-0.05, 0) is 54.4 Å². The van der Waals surface area contributed by atoms with Crippen LogP contribution in [0.15, 0.2) is 91.1 Å². The molecule has 2 amide bonds. The Morgan fingerprint density at radius 3 is 2.65 bits per heavy atom. The van der Waals surface area contributed by atoms with Crippen LogP contribution in [0, 0.1) is 6.92 Å². The minimum Gasteiger partial charge on any atom is -0.318 e. The molecule has 0 fully saturated rings. The third-order valence-electron chi connectivity index (χ3n) is 5.66. The summed E-state index contributed by atoms with van der Waals surface area (Å²) in [5.41, 5.74) is 6.15. The molecule has 154 valence electrons. The molecule has 0 bridgehead atoms. The molecule has 1 aliphatic rings. The lowest BCUT2D eigenvalue weighted by atomic mass is 10.00. The summed E-state index contributed by atoms with van der Waals surface area (Å²) >= 11 is 6.13. The van der Waals surface area contributed by atoms with Gasteiger partial charge in [-0.2, -0.15) is 0 Å². The maximum atomic E-state index is 13.6. The number of anilines is 1.